The van der Waals surface area contributed by atoms with Crippen molar-refractivity contribution in [2.75, 3.05) is 7.11 Å². The van der Waals surface area contributed by atoms with Gasteiger partial charge in [-0.1, -0.05) is 36.4 Å². The minimum atomic E-state index is -0.102. The van der Waals surface area contributed by atoms with Gasteiger partial charge in [0.05, 0.1) is 12.6 Å². The maximum Gasteiger partial charge on any atom is 0.251 e. The van der Waals surface area contributed by atoms with Crippen LogP contribution in [0.3, 0.4) is 0 Å². The molecule has 1 heterocycles. The van der Waals surface area contributed by atoms with Crippen LogP contribution in [0.2, 0.25) is 0 Å². The van der Waals surface area contributed by atoms with Crippen molar-refractivity contribution in [1.29, 1.82) is 0 Å². The van der Waals surface area contributed by atoms with E-state index in [1.165, 1.54) is 6.33 Å². The number of nitrogens with one attached hydrogen (secondary N) is 1. The van der Waals surface area contributed by atoms with Gasteiger partial charge in [0.2, 0.25) is 0 Å². The Balaban J connectivity index is 1.68. The maximum absolute atomic E-state index is 12.5. The van der Waals surface area contributed by atoms with Gasteiger partial charge in [-0.15, -0.1) is 0 Å². The molecule has 0 bridgehead atoms. The molecule has 132 valence electrons. The first-order valence-electron chi connectivity index (χ1n) is 8.41. The van der Waals surface area contributed by atoms with E-state index in [1.807, 2.05) is 49.4 Å². The molecule has 0 aliphatic rings. The summed E-state index contributed by atoms with van der Waals surface area (Å²) in [7, 11) is 1.64. The summed E-state index contributed by atoms with van der Waals surface area (Å²) in [5.41, 5.74) is 4.64. The second-order valence-electron chi connectivity index (χ2n) is 6.08. The predicted molar refractivity (Wildman–Crippen MR) is 101 cm³/mol. The first kappa shape index (κ1) is 17.8. The number of rotatable bonds is 6. The van der Waals surface area contributed by atoms with Gasteiger partial charge < -0.3 is 10.1 Å². The second-order valence-corrected chi connectivity index (χ2v) is 6.08. The largest absolute Gasteiger partial charge is 0.380 e. The molecule has 1 aromatic heterocycles. The number of ether oxygens (including phenoxy) is 1. The first-order chi connectivity index (χ1) is 12.7. The zero-order chi connectivity index (χ0) is 18.4. The molecule has 0 saturated heterocycles. The molecule has 0 aliphatic heterocycles. The van der Waals surface area contributed by atoms with Crippen LogP contribution < -0.4 is 5.32 Å². The molecule has 2 aromatic carbocycles. The van der Waals surface area contributed by atoms with Crippen molar-refractivity contribution in [2.45, 2.75) is 19.6 Å². The van der Waals surface area contributed by atoms with Gasteiger partial charge in [0.25, 0.3) is 5.91 Å². The number of amides is 1. The number of benzene rings is 2. The highest BCUT2D eigenvalue weighted by Crippen LogP contribution is 2.21. The van der Waals surface area contributed by atoms with Gasteiger partial charge in [-0.3, -0.25) is 4.79 Å². The SMILES string of the molecule is COCc1cccc(C(=O)N[C@@H](C)c2ccc(-c3cncnc3)cc2)c1. The summed E-state index contributed by atoms with van der Waals surface area (Å²) in [5, 5.41) is 3.04. The quantitative estimate of drug-likeness (QED) is 0.737. The molecule has 3 rings (SSSR count). The second kappa shape index (κ2) is 8.36. The minimum Gasteiger partial charge on any atom is -0.380 e. The van der Waals surface area contributed by atoms with Crippen molar-refractivity contribution in [1.82, 2.24) is 15.3 Å². The van der Waals surface area contributed by atoms with Gasteiger partial charge in [0.1, 0.15) is 6.33 Å². The molecule has 0 radical (unpaired) electrons. The van der Waals surface area contributed by atoms with Crippen LogP contribution in [0.5, 0.6) is 0 Å². The van der Waals surface area contributed by atoms with E-state index in [4.69, 9.17) is 4.74 Å². The summed E-state index contributed by atoms with van der Waals surface area (Å²) >= 11 is 0. The van der Waals surface area contributed by atoms with E-state index in [0.717, 1.165) is 22.3 Å². The van der Waals surface area contributed by atoms with Gasteiger partial charge in [0.15, 0.2) is 0 Å². The van der Waals surface area contributed by atoms with Gasteiger partial charge >= 0.3 is 0 Å². The Labute approximate surface area is 153 Å². The summed E-state index contributed by atoms with van der Waals surface area (Å²) < 4.78 is 5.12. The summed E-state index contributed by atoms with van der Waals surface area (Å²) in [5.74, 6) is -0.101. The highest BCUT2D eigenvalue weighted by atomic mass is 16.5. The van der Waals surface area contributed by atoms with E-state index in [1.54, 1.807) is 25.6 Å². The van der Waals surface area contributed by atoms with Crippen LogP contribution in [0.1, 0.15) is 34.5 Å². The van der Waals surface area contributed by atoms with Crippen molar-refractivity contribution in [3.8, 4) is 11.1 Å². The van der Waals surface area contributed by atoms with E-state index in [-0.39, 0.29) is 11.9 Å². The monoisotopic (exact) mass is 347 g/mol. The molecule has 0 saturated carbocycles. The van der Waals surface area contributed by atoms with Crippen LogP contribution in [-0.2, 0) is 11.3 Å². The third kappa shape index (κ3) is 4.32. The summed E-state index contributed by atoms with van der Waals surface area (Å²) in [4.78, 5) is 20.6. The Morgan fingerprint density at radius 2 is 1.81 bits per heavy atom. The van der Waals surface area contributed by atoms with E-state index in [9.17, 15) is 4.79 Å². The topological polar surface area (TPSA) is 64.1 Å². The molecule has 1 atom stereocenters. The minimum absolute atomic E-state index is 0.101. The Morgan fingerprint density at radius 1 is 1.08 bits per heavy atom. The lowest BCUT2D eigenvalue weighted by atomic mass is 10.0. The molecule has 0 unspecified atom stereocenters. The molecule has 3 aromatic rings. The molecule has 1 N–H and O–H groups in total. The summed E-state index contributed by atoms with van der Waals surface area (Å²) in [6, 6.07) is 15.4. The number of carbonyl (C=O) groups excluding carboxylic acids is 1. The molecular weight excluding hydrogens is 326 g/mol. The van der Waals surface area contributed by atoms with Crippen LogP contribution in [0.25, 0.3) is 11.1 Å². The molecule has 1 amide bonds. The third-order valence-electron chi connectivity index (χ3n) is 4.15. The number of hydrogen-bond donors (Lipinski definition) is 1. The Kier molecular flexibility index (Phi) is 5.71. The summed E-state index contributed by atoms with van der Waals surface area (Å²) in [6.07, 6.45) is 5.07. The molecule has 0 spiro atoms. The van der Waals surface area contributed by atoms with E-state index >= 15 is 0 Å². The van der Waals surface area contributed by atoms with Crippen molar-refractivity contribution in [2.24, 2.45) is 0 Å². The standard InChI is InChI=1S/C21H21N3O2/c1-15(24-21(25)19-5-3-4-16(10-19)13-26-2)17-6-8-18(9-7-17)20-11-22-14-23-12-20/h3-12,14-15H,13H2,1-2H3,(H,24,25)/t15-/m0/s1. The lowest BCUT2D eigenvalue weighted by molar-refractivity contribution is 0.0939. The average molecular weight is 347 g/mol. The fourth-order valence-electron chi connectivity index (χ4n) is 2.74. The van der Waals surface area contributed by atoms with E-state index < -0.39 is 0 Å². The van der Waals surface area contributed by atoms with Crippen LogP contribution >= 0.6 is 0 Å². The highest BCUT2D eigenvalue weighted by molar-refractivity contribution is 5.94. The van der Waals surface area contributed by atoms with Crippen molar-refractivity contribution in [3.63, 3.8) is 0 Å². The fraction of sp³-hybridized carbons (Fsp3) is 0.190. The number of nitrogens with zero attached hydrogens (tertiary/aromatic N) is 2. The van der Waals surface area contributed by atoms with Crippen LogP contribution in [0.4, 0.5) is 0 Å². The van der Waals surface area contributed by atoms with Crippen LogP contribution in [0.15, 0.2) is 67.3 Å². The van der Waals surface area contributed by atoms with Gasteiger partial charge in [-0.05, 0) is 35.7 Å². The zero-order valence-corrected chi connectivity index (χ0v) is 14.8. The first-order valence-corrected chi connectivity index (χ1v) is 8.41. The van der Waals surface area contributed by atoms with Gasteiger partial charge in [-0.2, -0.15) is 0 Å². The summed E-state index contributed by atoms with van der Waals surface area (Å²) in [6.45, 7) is 2.46. The van der Waals surface area contributed by atoms with E-state index in [2.05, 4.69) is 15.3 Å². The number of aromatic nitrogens is 2. The number of carbonyl (C=O) groups is 1. The molecule has 0 aliphatic carbocycles. The zero-order valence-electron chi connectivity index (χ0n) is 14.8. The molecular formula is C21H21N3O2. The lowest BCUT2D eigenvalue weighted by Gasteiger charge is -2.15. The number of hydrogen-bond acceptors (Lipinski definition) is 4. The predicted octanol–water partition coefficient (Wildman–Crippen LogP) is 3.78. The normalized spacial score (nSPS) is 11.8. The molecule has 26 heavy (non-hydrogen) atoms. The smallest absolute Gasteiger partial charge is 0.251 e. The van der Waals surface area contributed by atoms with Crippen molar-refractivity contribution in [3.05, 3.63) is 83.9 Å². The average Bonchev–Trinajstić information content (AvgIpc) is 2.69. The Morgan fingerprint density at radius 3 is 2.50 bits per heavy atom. The van der Waals surface area contributed by atoms with Crippen LogP contribution in [0, 0.1) is 0 Å². The molecule has 5 heteroatoms. The fourth-order valence-corrected chi connectivity index (χ4v) is 2.74. The van der Waals surface area contributed by atoms with Gasteiger partial charge in [-0.25, -0.2) is 9.97 Å². The van der Waals surface area contributed by atoms with E-state index in [0.29, 0.717) is 12.2 Å². The Bertz CT molecular complexity index is 864. The molecule has 5 nitrogen and oxygen atoms in total. The van der Waals surface area contributed by atoms with Crippen molar-refractivity contribution >= 4 is 5.91 Å². The third-order valence-corrected chi connectivity index (χ3v) is 4.15. The van der Waals surface area contributed by atoms with Crippen LogP contribution in [-0.4, -0.2) is 23.0 Å². The highest BCUT2D eigenvalue weighted by Gasteiger charge is 2.12. The maximum atomic E-state index is 12.5. The van der Waals surface area contributed by atoms with Gasteiger partial charge in [0, 0.05) is 30.6 Å². The molecule has 0 fully saturated rings. The van der Waals surface area contributed by atoms with Crippen molar-refractivity contribution < 1.29 is 9.53 Å². The Hall–Kier alpha value is -3.05. The number of methoxy groups -OCH3 is 1. The lowest BCUT2D eigenvalue weighted by Crippen LogP contribution is -2.26.